The van der Waals surface area contributed by atoms with E-state index in [1.54, 1.807) is 6.92 Å². The molecule has 1 aliphatic heterocycles. The number of rotatable bonds is 3. The van der Waals surface area contributed by atoms with Crippen molar-refractivity contribution in [1.82, 2.24) is 10.2 Å². The summed E-state index contributed by atoms with van der Waals surface area (Å²) in [5.74, 6) is -1.71. The minimum absolute atomic E-state index is 0.185. The Hall–Kier alpha value is -2.50. The maximum Gasteiger partial charge on any atom is 0.254 e. The van der Waals surface area contributed by atoms with Crippen LogP contribution < -0.4 is 5.32 Å². The molecule has 1 N–H and O–H groups in total. The van der Waals surface area contributed by atoms with Crippen LogP contribution in [0.1, 0.15) is 35.7 Å². The fourth-order valence-electron chi connectivity index (χ4n) is 2.44. The average Bonchev–Trinajstić information content (AvgIpc) is 2.45. The topological polar surface area (TPSA) is 66.5 Å². The number of imide groups is 1. The average molecular weight is 304 g/mol. The number of hydrogen-bond donors (Lipinski definition) is 1. The molecule has 6 heteroatoms. The highest BCUT2D eigenvalue weighted by molar-refractivity contribution is 6.05. The lowest BCUT2D eigenvalue weighted by atomic mass is 9.98. The zero-order chi connectivity index (χ0) is 16.4. The van der Waals surface area contributed by atoms with Gasteiger partial charge in [0.25, 0.3) is 5.91 Å². The summed E-state index contributed by atoms with van der Waals surface area (Å²) in [5, 5.41) is 2.21. The molecule has 0 aliphatic carbocycles. The third-order valence-electron chi connectivity index (χ3n) is 3.67. The SMILES string of the molecule is C=C(C)c1cc(F)ccc1C(=O)N(C)C1CCC(=O)NC1=O. The van der Waals surface area contributed by atoms with E-state index in [4.69, 9.17) is 0 Å². The monoisotopic (exact) mass is 304 g/mol. The van der Waals surface area contributed by atoms with Gasteiger partial charge in [-0.1, -0.05) is 12.2 Å². The summed E-state index contributed by atoms with van der Waals surface area (Å²) in [7, 11) is 1.49. The lowest BCUT2D eigenvalue weighted by Gasteiger charge is -2.30. The summed E-state index contributed by atoms with van der Waals surface area (Å²) in [5.41, 5.74) is 1.24. The van der Waals surface area contributed by atoms with Gasteiger partial charge in [0.05, 0.1) is 0 Å². The number of benzene rings is 1. The molecular weight excluding hydrogens is 287 g/mol. The summed E-state index contributed by atoms with van der Waals surface area (Å²) < 4.78 is 13.4. The molecule has 1 atom stereocenters. The van der Waals surface area contributed by atoms with Crippen molar-refractivity contribution in [3.63, 3.8) is 0 Å². The van der Waals surface area contributed by atoms with Crippen LogP contribution in [0.15, 0.2) is 24.8 Å². The van der Waals surface area contributed by atoms with Crippen molar-refractivity contribution >= 4 is 23.3 Å². The summed E-state index contributed by atoms with van der Waals surface area (Å²) in [4.78, 5) is 36.9. The highest BCUT2D eigenvalue weighted by atomic mass is 19.1. The van der Waals surface area contributed by atoms with Crippen LogP contribution in [0.4, 0.5) is 4.39 Å². The van der Waals surface area contributed by atoms with Crippen LogP contribution in [0.5, 0.6) is 0 Å². The fraction of sp³-hybridized carbons (Fsp3) is 0.312. The Morgan fingerprint density at radius 1 is 1.36 bits per heavy atom. The van der Waals surface area contributed by atoms with Gasteiger partial charge in [-0.05, 0) is 37.1 Å². The second kappa shape index (κ2) is 6.09. The van der Waals surface area contributed by atoms with E-state index >= 15 is 0 Å². The van der Waals surface area contributed by atoms with Crippen molar-refractivity contribution in [3.8, 4) is 0 Å². The molecule has 0 aromatic heterocycles. The van der Waals surface area contributed by atoms with Crippen molar-refractivity contribution in [2.24, 2.45) is 0 Å². The Morgan fingerprint density at radius 2 is 2.05 bits per heavy atom. The molecule has 0 spiro atoms. The van der Waals surface area contributed by atoms with E-state index in [2.05, 4.69) is 11.9 Å². The zero-order valence-electron chi connectivity index (χ0n) is 12.5. The summed E-state index contributed by atoms with van der Waals surface area (Å²) in [6.45, 7) is 5.42. The Bertz CT molecular complexity index is 669. The predicted molar refractivity (Wildman–Crippen MR) is 79.4 cm³/mol. The predicted octanol–water partition coefficient (Wildman–Crippen LogP) is 1.74. The van der Waals surface area contributed by atoms with Crippen LogP contribution in [0.25, 0.3) is 5.57 Å². The van der Waals surface area contributed by atoms with Crippen molar-refractivity contribution in [2.45, 2.75) is 25.8 Å². The number of halogens is 1. The van der Waals surface area contributed by atoms with Crippen LogP contribution in [0, 0.1) is 5.82 Å². The summed E-state index contributed by atoms with van der Waals surface area (Å²) >= 11 is 0. The van der Waals surface area contributed by atoms with E-state index in [0.717, 1.165) is 0 Å². The number of amides is 3. The maximum absolute atomic E-state index is 13.4. The Kier molecular flexibility index (Phi) is 4.40. The molecule has 5 nitrogen and oxygen atoms in total. The van der Waals surface area contributed by atoms with E-state index in [1.165, 1.54) is 30.1 Å². The first-order chi connectivity index (χ1) is 10.3. The molecule has 1 fully saturated rings. The molecule has 3 amide bonds. The highest BCUT2D eigenvalue weighted by Gasteiger charge is 2.33. The van der Waals surface area contributed by atoms with Crippen molar-refractivity contribution in [1.29, 1.82) is 0 Å². The minimum Gasteiger partial charge on any atom is -0.330 e. The molecule has 0 saturated carbocycles. The van der Waals surface area contributed by atoms with Gasteiger partial charge in [0.2, 0.25) is 11.8 Å². The lowest BCUT2D eigenvalue weighted by Crippen LogP contribution is -2.53. The molecule has 1 unspecified atom stereocenters. The molecule has 116 valence electrons. The van der Waals surface area contributed by atoms with Gasteiger partial charge in [0.1, 0.15) is 11.9 Å². The number of carbonyl (C=O) groups excluding carboxylic acids is 3. The van der Waals surface area contributed by atoms with Gasteiger partial charge in [-0.15, -0.1) is 0 Å². The number of likely N-dealkylation sites (N-methyl/N-ethyl adjacent to an activating group) is 1. The van der Waals surface area contributed by atoms with Crippen LogP contribution in [0.3, 0.4) is 0 Å². The molecule has 1 aliphatic rings. The highest BCUT2D eigenvalue weighted by Crippen LogP contribution is 2.22. The van der Waals surface area contributed by atoms with Crippen LogP contribution >= 0.6 is 0 Å². The molecule has 1 saturated heterocycles. The fourth-order valence-corrected chi connectivity index (χ4v) is 2.44. The van der Waals surface area contributed by atoms with Gasteiger partial charge in [0.15, 0.2) is 0 Å². The maximum atomic E-state index is 13.4. The van der Waals surface area contributed by atoms with Gasteiger partial charge in [-0.2, -0.15) is 0 Å². The number of nitrogens with zero attached hydrogens (tertiary/aromatic N) is 1. The Morgan fingerprint density at radius 3 is 2.64 bits per heavy atom. The van der Waals surface area contributed by atoms with Crippen LogP contribution in [-0.4, -0.2) is 35.7 Å². The van der Waals surface area contributed by atoms with Crippen LogP contribution in [-0.2, 0) is 9.59 Å². The normalized spacial score (nSPS) is 17.9. The first-order valence-corrected chi connectivity index (χ1v) is 6.87. The molecule has 0 radical (unpaired) electrons. The quantitative estimate of drug-likeness (QED) is 0.865. The van der Waals surface area contributed by atoms with Gasteiger partial charge >= 0.3 is 0 Å². The molecule has 1 aromatic carbocycles. The number of hydrogen-bond acceptors (Lipinski definition) is 3. The summed E-state index contributed by atoms with van der Waals surface area (Å²) in [6, 6.07) is 3.10. The number of carbonyl (C=O) groups is 3. The summed E-state index contributed by atoms with van der Waals surface area (Å²) in [6.07, 6.45) is 0.460. The van der Waals surface area contributed by atoms with Crippen molar-refractivity contribution in [3.05, 3.63) is 41.7 Å². The number of allylic oxidation sites excluding steroid dienone is 1. The Labute approximate surface area is 127 Å². The Balaban J connectivity index is 2.30. The standard InChI is InChI=1S/C16H17FN2O3/c1-9(2)12-8-10(17)4-5-11(12)16(22)19(3)13-6-7-14(20)18-15(13)21/h4-5,8,13H,1,6-7H2,2-3H3,(H,18,20,21). The molecule has 1 heterocycles. The first kappa shape index (κ1) is 15.9. The first-order valence-electron chi connectivity index (χ1n) is 6.87. The van der Waals surface area contributed by atoms with E-state index < -0.39 is 23.7 Å². The van der Waals surface area contributed by atoms with Crippen molar-refractivity contribution in [2.75, 3.05) is 7.05 Å². The minimum atomic E-state index is -0.715. The lowest BCUT2D eigenvalue weighted by molar-refractivity contribution is -0.136. The largest absolute Gasteiger partial charge is 0.330 e. The number of piperidine rings is 1. The van der Waals surface area contributed by atoms with Gasteiger partial charge in [-0.25, -0.2) is 4.39 Å². The smallest absolute Gasteiger partial charge is 0.254 e. The molecule has 1 aromatic rings. The zero-order valence-corrected chi connectivity index (χ0v) is 12.5. The van der Waals surface area contributed by atoms with E-state index in [9.17, 15) is 18.8 Å². The molecule has 0 bridgehead atoms. The van der Waals surface area contributed by atoms with E-state index in [1.807, 2.05) is 0 Å². The van der Waals surface area contributed by atoms with Gasteiger partial charge in [0, 0.05) is 19.0 Å². The number of nitrogens with one attached hydrogen (secondary N) is 1. The second-order valence-electron chi connectivity index (χ2n) is 5.35. The molecule has 22 heavy (non-hydrogen) atoms. The van der Waals surface area contributed by atoms with Gasteiger partial charge < -0.3 is 4.90 Å². The second-order valence-corrected chi connectivity index (χ2v) is 5.35. The van der Waals surface area contributed by atoms with Gasteiger partial charge in [-0.3, -0.25) is 19.7 Å². The van der Waals surface area contributed by atoms with Crippen molar-refractivity contribution < 1.29 is 18.8 Å². The molecule has 2 rings (SSSR count). The third kappa shape index (κ3) is 3.05. The third-order valence-corrected chi connectivity index (χ3v) is 3.67. The van der Waals surface area contributed by atoms with E-state index in [-0.39, 0.29) is 24.3 Å². The van der Waals surface area contributed by atoms with E-state index in [0.29, 0.717) is 11.1 Å². The van der Waals surface area contributed by atoms with Crippen LogP contribution in [0.2, 0.25) is 0 Å². The molecular formula is C16H17FN2O3.